The molecule has 0 aliphatic carbocycles. The summed E-state index contributed by atoms with van der Waals surface area (Å²) in [6, 6.07) is 14.3. The molecule has 0 aliphatic rings. The smallest absolute Gasteiger partial charge is 0.243 e. The first-order valence-electron chi connectivity index (χ1n) is 6.01. The van der Waals surface area contributed by atoms with Crippen LogP contribution in [0.15, 0.2) is 59.5 Å². The largest absolute Gasteiger partial charge is 0.492 e. The maximum atomic E-state index is 13.4. The molecule has 0 spiro atoms. The molecule has 0 amide bonds. The lowest BCUT2D eigenvalue weighted by Crippen LogP contribution is -2.28. The topological polar surface area (TPSA) is 55.4 Å². The van der Waals surface area contributed by atoms with Crippen molar-refractivity contribution in [2.75, 3.05) is 13.2 Å². The first-order valence-corrected chi connectivity index (χ1v) is 7.50. The molecule has 0 unspecified atom stereocenters. The molecule has 106 valence electrons. The van der Waals surface area contributed by atoms with E-state index in [1.165, 1.54) is 18.2 Å². The van der Waals surface area contributed by atoms with Gasteiger partial charge in [-0.25, -0.2) is 17.5 Å². The Morgan fingerprint density at radius 1 is 1.00 bits per heavy atom. The van der Waals surface area contributed by atoms with Crippen LogP contribution in [0.25, 0.3) is 0 Å². The van der Waals surface area contributed by atoms with Crippen LogP contribution in [0, 0.1) is 5.82 Å². The van der Waals surface area contributed by atoms with Crippen LogP contribution < -0.4 is 9.46 Å². The normalized spacial score (nSPS) is 11.2. The van der Waals surface area contributed by atoms with E-state index in [1.54, 1.807) is 12.1 Å². The Hall–Kier alpha value is -1.92. The standard InChI is InChI=1S/C14H14FNO3S/c15-13-8-4-5-9-14(13)20(17,18)16-10-11-19-12-6-2-1-3-7-12/h1-9,16H,10-11H2. The fourth-order valence-corrected chi connectivity index (χ4v) is 2.69. The molecule has 0 aromatic heterocycles. The monoisotopic (exact) mass is 295 g/mol. The van der Waals surface area contributed by atoms with Crippen molar-refractivity contribution in [2.45, 2.75) is 4.90 Å². The van der Waals surface area contributed by atoms with Crippen molar-refractivity contribution in [1.82, 2.24) is 4.72 Å². The third-order valence-corrected chi connectivity index (χ3v) is 4.03. The summed E-state index contributed by atoms with van der Waals surface area (Å²) in [7, 11) is -3.85. The minimum atomic E-state index is -3.85. The maximum Gasteiger partial charge on any atom is 0.243 e. The third kappa shape index (κ3) is 3.79. The van der Waals surface area contributed by atoms with Crippen LogP contribution in [0.2, 0.25) is 0 Å². The number of halogens is 1. The van der Waals surface area contributed by atoms with Gasteiger partial charge in [0, 0.05) is 6.54 Å². The molecular formula is C14H14FNO3S. The van der Waals surface area contributed by atoms with E-state index < -0.39 is 15.8 Å². The zero-order chi connectivity index (χ0) is 14.4. The average molecular weight is 295 g/mol. The molecule has 4 nitrogen and oxygen atoms in total. The fourth-order valence-electron chi connectivity index (χ4n) is 1.60. The summed E-state index contributed by atoms with van der Waals surface area (Å²) in [4.78, 5) is -0.361. The highest BCUT2D eigenvalue weighted by atomic mass is 32.2. The summed E-state index contributed by atoms with van der Waals surface area (Å²) in [5, 5.41) is 0. The molecule has 0 radical (unpaired) electrons. The predicted molar refractivity (Wildman–Crippen MR) is 73.5 cm³/mol. The van der Waals surface area contributed by atoms with Gasteiger partial charge in [0.15, 0.2) is 0 Å². The molecular weight excluding hydrogens is 281 g/mol. The number of hydrogen-bond donors (Lipinski definition) is 1. The van der Waals surface area contributed by atoms with Crippen LogP contribution in [0.4, 0.5) is 4.39 Å². The Morgan fingerprint density at radius 3 is 2.35 bits per heavy atom. The minimum Gasteiger partial charge on any atom is -0.492 e. The zero-order valence-electron chi connectivity index (χ0n) is 10.6. The molecule has 0 aliphatic heterocycles. The van der Waals surface area contributed by atoms with E-state index in [1.807, 2.05) is 18.2 Å². The quantitative estimate of drug-likeness (QED) is 0.831. The van der Waals surface area contributed by atoms with Gasteiger partial charge in [0.05, 0.1) is 0 Å². The van der Waals surface area contributed by atoms with Gasteiger partial charge in [-0.15, -0.1) is 0 Å². The number of para-hydroxylation sites is 1. The highest BCUT2D eigenvalue weighted by Gasteiger charge is 2.17. The number of rotatable bonds is 6. The fraction of sp³-hybridized carbons (Fsp3) is 0.143. The lowest BCUT2D eigenvalue weighted by molar-refractivity contribution is 0.322. The molecule has 2 rings (SSSR count). The SMILES string of the molecule is O=S(=O)(NCCOc1ccccc1)c1ccccc1F. The number of sulfonamides is 1. The Labute approximate surface area is 117 Å². The van der Waals surface area contributed by atoms with Crippen LogP contribution in [0.1, 0.15) is 0 Å². The van der Waals surface area contributed by atoms with Crippen LogP contribution in [-0.4, -0.2) is 21.6 Å². The summed E-state index contributed by atoms with van der Waals surface area (Å²) in [6.45, 7) is 0.225. The molecule has 0 heterocycles. The number of hydrogen-bond acceptors (Lipinski definition) is 3. The van der Waals surface area contributed by atoms with E-state index in [-0.39, 0.29) is 18.0 Å². The average Bonchev–Trinajstić information content (AvgIpc) is 2.45. The minimum absolute atomic E-state index is 0.0611. The van der Waals surface area contributed by atoms with Crippen LogP contribution >= 0.6 is 0 Å². The molecule has 0 saturated heterocycles. The van der Waals surface area contributed by atoms with Gasteiger partial charge in [-0.2, -0.15) is 0 Å². The van der Waals surface area contributed by atoms with Crippen molar-refractivity contribution >= 4 is 10.0 Å². The van der Waals surface area contributed by atoms with E-state index in [0.717, 1.165) is 6.07 Å². The van der Waals surface area contributed by atoms with E-state index >= 15 is 0 Å². The predicted octanol–water partition coefficient (Wildman–Crippen LogP) is 2.18. The summed E-state index contributed by atoms with van der Waals surface area (Å²) in [5.74, 6) is -0.124. The third-order valence-electron chi connectivity index (χ3n) is 2.53. The highest BCUT2D eigenvalue weighted by molar-refractivity contribution is 7.89. The van der Waals surface area contributed by atoms with Gasteiger partial charge in [-0.3, -0.25) is 0 Å². The Balaban J connectivity index is 1.89. The second kappa shape index (κ2) is 6.49. The van der Waals surface area contributed by atoms with Gasteiger partial charge in [-0.1, -0.05) is 30.3 Å². The molecule has 0 atom stereocenters. The van der Waals surface area contributed by atoms with Crippen LogP contribution in [0.5, 0.6) is 5.75 Å². The van der Waals surface area contributed by atoms with Gasteiger partial charge < -0.3 is 4.74 Å². The molecule has 0 fully saturated rings. The van der Waals surface area contributed by atoms with Gasteiger partial charge in [-0.05, 0) is 24.3 Å². The summed E-state index contributed by atoms with van der Waals surface area (Å²) in [5.41, 5.74) is 0. The van der Waals surface area contributed by atoms with E-state index in [0.29, 0.717) is 5.75 Å². The lowest BCUT2D eigenvalue weighted by Gasteiger charge is -2.09. The van der Waals surface area contributed by atoms with Crippen molar-refractivity contribution in [1.29, 1.82) is 0 Å². The maximum absolute atomic E-state index is 13.4. The van der Waals surface area contributed by atoms with Crippen molar-refractivity contribution < 1.29 is 17.5 Å². The number of ether oxygens (including phenoxy) is 1. The molecule has 0 bridgehead atoms. The van der Waals surface area contributed by atoms with Gasteiger partial charge in [0.25, 0.3) is 0 Å². The first-order chi connectivity index (χ1) is 9.59. The summed E-state index contributed by atoms with van der Waals surface area (Å²) in [6.07, 6.45) is 0. The van der Waals surface area contributed by atoms with E-state index in [2.05, 4.69) is 4.72 Å². The number of nitrogens with one attached hydrogen (secondary N) is 1. The van der Waals surface area contributed by atoms with Crippen molar-refractivity contribution in [3.8, 4) is 5.75 Å². The second-order valence-electron chi connectivity index (χ2n) is 3.99. The Bertz CT molecular complexity index is 659. The summed E-state index contributed by atoms with van der Waals surface area (Å²) < 4.78 is 44.8. The van der Waals surface area contributed by atoms with Gasteiger partial charge in [0.2, 0.25) is 10.0 Å². The molecule has 1 N–H and O–H groups in total. The Morgan fingerprint density at radius 2 is 1.65 bits per heavy atom. The van der Waals surface area contributed by atoms with Crippen molar-refractivity contribution in [2.24, 2.45) is 0 Å². The van der Waals surface area contributed by atoms with Crippen LogP contribution in [0.3, 0.4) is 0 Å². The van der Waals surface area contributed by atoms with Crippen molar-refractivity contribution in [3.05, 3.63) is 60.4 Å². The van der Waals surface area contributed by atoms with Crippen LogP contribution in [-0.2, 0) is 10.0 Å². The first kappa shape index (κ1) is 14.5. The number of benzene rings is 2. The Kier molecular flexibility index (Phi) is 4.70. The lowest BCUT2D eigenvalue weighted by atomic mass is 10.3. The van der Waals surface area contributed by atoms with Gasteiger partial charge in [0.1, 0.15) is 23.1 Å². The second-order valence-corrected chi connectivity index (χ2v) is 5.73. The molecule has 20 heavy (non-hydrogen) atoms. The van der Waals surface area contributed by atoms with Gasteiger partial charge >= 0.3 is 0 Å². The summed E-state index contributed by atoms with van der Waals surface area (Å²) >= 11 is 0. The highest BCUT2D eigenvalue weighted by Crippen LogP contribution is 2.13. The van der Waals surface area contributed by atoms with E-state index in [9.17, 15) is 12.8 Å². The zero-order valence-corrected chi connectivity index (χ0v) is 11.4. The van der Waals surface area contributed by atoms with Crippen molar-refractivity contribution in [3.63, 3.8) is 0 Å². The molecule has 6 heteroatoms. The molecule has 2 aromatic carbocycles. The molecule has 2 aromatic rings. The molecule has 0 saturated carbocycles. The van der Waals surface area contributed by atoms with E-state index in [4.69, 9.17) is 4.74 Å².